The molecule has 12 N–H and O–H groups in total. The number of fused-ring (bicyclic) bond motifs is 4. The second-order valence-corrected chi connectivity index (χ2v) is 15.9. The third-order valence-corrected chi connectivity index (χ3v) is 11.4. The minimum absolute atomic E-state index is 0.00554. The number of nitrogens with one attached hydrogen (secondary N) is 8. The van der Waals surface area contributed by atoms with Crippen molar-refractivity contribution in [3.05, 3.63) is 131 Å². The molecular formula is C48H42N18. The Morgan fingerprint density at radius 2 is 0.773 bits per heavy atom. The molecule has 0 saturated heterocycles. The number of hydrogen-bond acceptors (Lipinski definition) is 12. The van der Waals surface area contributed by atoms with Crippen LogP contribution in [0.4, 0.5) is 0 Å². The number of imidazole rings is 4. The van der Waals surface area contributed by atoms with Crippen LogP contribution >= 0.6 is 0 Å². The molecule has 2 aliphatic heterocycles. The summed E-state index contributed by atoms with van der Waals surface area (Å²) in [6.45, 7) is 3.63. The summed E-state index contributed by atoms with van der Waals surface area (Å²) < 4.78 is 0. The molecule has 6 aromatic heterocycles. The largest absolute Gasteiger partial charge is 0.384 e. The van der Waals surface area contributed by atoms with E-state index in [0.717, 1.165) is 129 Å². The van der Waals surface area contributed by atoms with Gasteiger partial charge in [-0.3, -0.25) is 20.8 Å². The van der Waals surface area contributed by atoms with E-state index in [2.05, 4.69) is 74.8 Å². The van der Waals surface area contributed by atoms with Crippen molar-refractivity contribution in [2.75, 3.05) is 26.2 Å². The predicted octanol–water partition coefficient (Wildman–Crippen LogP) is 6.38. The molecule has 8 heterocycles. The maximum Gasteiger partial charge on any atom is 0.157 e. The molecule has 0 saturated carbocycles. The van der Waals surface area contributed by atoms with Gasteiger partial charge in [-0.1, -0.05) is 12.1 Å². The average molecular weight is 871 g/mol. The Morgan fingerprint density at radius 3 is 1.11 bits per heavy atom. The molecule has 10 aromatic rings. The van der Waals surface area contributed by atoms with Crippen molar-refractivity contribution in [1.82, 2.24) is 60.5 Å². The lowest BCUT2D eigenvalue weighted by Gasteiger charge is -2.14. The molecule has 12 rings (SSSR count). The van der Waals surface area contributed by atoms with Gasteiger partial charge in [0.05, 0.1) is 44.1 Å². The Balaban J connectivity index is 0.000000148. The van der Waals surface area contributed by atoms with E-state index in [9.17, 15) is 0 Å². The summed E-state index contributed by atoms with van der Waals surface area (Å²) in [5.41, 5.74) is 24.2. The van der Waals surface area contributed by atoms with Crippen molar-refractivity contribution in [2.24, 2.45) is 21.5 Å². The van der Waals surface area contributed by atoms with Crippen molar-refractivity contribution < 1.29 is 0 Å². The van der Waals surface area contributed by atoms with Crippen LogP contribution in [-0.4, -0.2) is 99.4 Å². The van der Waals surface area contributed by atoms with Gasteiger partial charge in [0.15, 0.2) is 23.3 Å². The molecule has 4 aromatic carbocycles. The third-order valence-electron chi connectivity index (χ3n) is 11.4. The van der Waals surface area contributed by atoms with Gasteiger partial charge in [-0.15, -0.1) is 0 Å². The van der Waals surface area contributed by atoms with Crippen LogP contribution in [0.15, 0.2) is 119 Å². The van der Waals surface area contributed by atoms with Crippen LogP contribution in [0.1, 0.15) is 35.1 Å². The number of aromatic amines is 4. The second-order valence-electron chi connectivity index (χ2n) is 15.9. The lowest BCUT2D eigenvalue weighted by Crippen LogP contribution is -2.30. The summed E-state index contributed by atoms with van der Waals surface area (Å²) in [6.07, 6.45) is 2.14. The van der Waals surface area contributed by atoms with Crippen LogP contribution in [0.2, 0.25) is 0 Å². The van der Waals surface area contributed by atoms with Crippen LogP contribution in [0.5, 0.6) is 0 Å². The zero-order valence-corrected chi connectivity index (χ0v) is 35.4. The molecule has 0 radical (unpaired) electrons. The molecular weight excluding hydrogens is 829 g/mol. The van der Waals surface area contributed by atoms with Crippen LogP contribution in [-0.2, 0) is 0 Å². The average Bonchev–Trinajstić information content (AvgIpc) is 4.18. The quantitative estimate of drug-likeness (QED) is 0.0593. The fourth-order valence-corrected chi connectivity index (χ4v) is 8.00. The first-order valence-corrected chi connectivity index (χ1v) is 21.5. The van der Waals surface area contributed by atoms with Crippen molar-refractivity contribution in [3.63, 3.8) is 0 Å². The van der Waals surface area contributed by atoms with Gasteiger partial charge in [-0.2, -0.15) is 0 Å². The van der Waals surface area contributed by atoms with Crippen LogP contribution < -0.4 is 22.1 Å². The molecule has 0 atom stereocenters. The van der Waals surface area contributed by atoms with E-state index in [1.165, 1.54) is 0 Å². The smallest absolute Gasteiger partial charge is 0.157 e. The van der Waals surface area contributed by atoms with Crippen molar-refractivity contribution >= 4 is 67.5 Å². The van der Waals surface area contributed by atoms with E-state index in [-0.39, 0.29) is 11.7 Å². The summed E-state index contributed by atoms with van der Waals surface area (Å²) in [7, 11) is 0. The summed E-state index contributed by atoms with van der Waals surface area (Å²) in [4.78, 5) is 50.9. The minimum atomic E-state index is 0.00554. The molecule has 0 spiro atoms. The molecule has 0 bridgehead atoms. The first-order chi connectivity index (χ1) is 32.3. The molecule has 18 nitrogen and oxygen atoms in total. The Kier molecular flexibility index (Phi) is 9.98. The number of rotatable bonds is 8. The number of H-pyrrole nitrogens is 4. The monoisotopic (exact) mass is 870 g/mol. The van der Waals surface area contributed by atoms with Gasteiger partial charge in [0.1, 0.15) is 46.1 Å². The van der Waals surface area contributed by atoms with Gasteiger partial charge < -0.3 is 42.0 Å². The van der Waals surface area contributed by atoms with E-state index in [1.54, 1.807) is 24.3 Å². The zero-order valence-electron chi connectivity index (χ0n) is 35.4. The summed E-state index contributed by atoms with van der Waals surface area (Å²) in [6, 6.07) is 34.6. The number of pyridine rings is 2. The Labute approximate surface area is 375 Å². The predicted molar refractivity (Wildman–Crippen MR) is 259 cm³/mol. The Hall–Kier alpha value is -9.06. The first kappa shape index (κ1) is 39.8. The molecule has 0 fully saturated rings. The maximum absolute atomic E-state index is 7.59. The number of nitrogen functional groups attached to an aromatic ring is 2. The number of nitrogens with two attached hydrogens (primary N) is 2. The van der Waals surface area contributed by atoms with Gasteiger partial charge >= 0.3 is 0 Å². The van der Waals surface area contributed by atoms with Crippen LogP contribution in [0.25, 0.3) is 90.2 Å². The zero-order chi connectivity index (χ0) is 44.7. The van der Waals surface area contributed by atoms with Gasteiger partial charge in [0.25, 0.3) is 0 Å². The Morgan fingerprint density at radius 1 is 0.424 bits per heavy atom. The number of benzene rings is 4. The van der Waals surface area contributed by atoms with E-state index in [1.807, 2.05) is 60.7 Å². The molecule has 66 heavy (non-hydrogen) atoms. The first-order valence-electron chi connectivity index (χ1n) is 21.5. The fourth-order valence-electron chi connectivity index (χ4n) is 8.00. The number of aliphatic imine (C=N–C) groups is 2. The van der Waals surface area contributed by atoms with E-state index in [4.69, 9.17) is 42.2 Å². The molecule has 324 valence electrons. The number of aromatic nitrogens is 10. The van der Waals surface area contributed by atoms with Crippen LogP contribution in [0.3, 0.4) is 0 Å². The highest BCUT2D eigenvalue weighted by atomic mass is 15.0. The SMILES string of the molecule is N=C(N)c1ccc2nc(-c3cccc(-c4nc5ccc(C(=N)N)cc5[nH]4)n3)[nH]c2c1.c1cc(-c2nc3ccc(C4=NCCCN4)cc3[nH]2)nc(-c2nc3ccc(C4=NCCCN4)cc3[nH]2)c1. The highest BCUT2D eigenvalue weighted by Gasteiger charge is 2.16. The normalized spacial score (nSPS) is 13.8. The van der Waals surface area contributed by atoms with Crippen molar-refractivity contribution in [1.29, 1.82) is 10.8 Å². The lowest BCUT2D eigenvalue weighted by molar-refractivity contribution is 0.742. The maximum atomic E-state index is 7.59. The third kappa shape index (κ3) is 7.82. The van der Waals surface area contributed by atoms with Crippen LogP contribution in [0, 0.1) is 10.8 Å². The molecule has 18 heteroatoms. The van der Waals surface area contributed by atoms with Gasteiger partial charge in [-0.25, -0.2) is 29.9 Å². The standard InChI is InChI=1S/C27H25N9.C21H17N9/c1-4-20(26-33-18-8-6-16(14-22(18)35-26)24-28-10-2-11-29-24)32-21(5-1)27-34-19-9-7-17(15-23(19)36-27)25-30-12-3-13-31-25;22-18(23)10-4-6-12-16(8-10)29-20(27-12)14-2-1-3-15(26-14)21-28-13-7-5-11(19(24)25)9-17(13)30-21/h1,4-9,14-15H,2-3,10-13H2,(H,28,29)(H,30,31)(H,33,35)(H,34,36);1-9H,(H3,22,23)(H3,24,25)(H,27,29)(H,28,30). The summed E-state index contributed by atoms with van der Waals surface area (Å²) in [5.74, 6) is 4.57. The molecule has 0 amide bonds. The number of hydrogen-bond donors (Lipinski definition) is 10. The second kappa shape index (κ2) is 16.6. The lowest BCUT2D eigenvalue weighted by atomic mass is 10.1. The number of nitrogens with zero attached hydrogens (tertiary/aromatic N) is 8. The van der Waals surface area contributed by atoms with Crippen molar-refractivity contribution in [2.45, 2.75) is 12.8 Å². The number of amidine groups is 4. The van der Waals surface area contributed by atoms with Gasteiger partial charge in [0, 0.05) is 48.4 Å². The van der Waals surface area contributed by atoms with Gasteiger partial charge in [0.2, 0.25) is 0 Å². The molecule has 0 aliphatic carbocycles. The molecule has 0 unspecified atom stereocenters. The van der Waals surface area contributed by atoms with E-state index >= 15 is 0 Å². The van der Waals surface area contributed by atoms with Gasteiger partial charge in [-0.05, 0) is 110 Å². The van der Waals surface area contributed by atoms with Crippen molar-refractivity contribution in [3.8, 4) is 46.1 Å². The molecule has 2 aliphatic rings. The summed E-state index contributed by atoms with van der Waals surface area (Å²) in [5, 5.41) is 21.9. The topological polar surface area (TPSA) is 289 Å². The minimum Gasteiger partial charge on any atom is -0.384 e. The highest BCUT2D eigenvalue weighted by molar-refractivity contribution is 6.03. The fraction of sp³-hybridized carbons (Fsp3) is 0.125. The van der Waals surface area contributed by atoms with E-state index < -0.39 is 0 Å². The Bertz CT molecular complexity index is 3360. The van der Waals surface area contributed by atoms with E-state index in [0.29, 0.717) is 34.2 Å². The highest BCUT2D eigenvalue weighted by Crippen LogP contribution is 2.27. The summed E-state index contributed by atoms with van der Waals surface area (Å²) >= 11 is 0.